The topological polar surface area (TPSA) is 16.1 Å². The molecule has 0 aliphatic carbocycles. The van der Waals surface area contributed by atoms with E-state index in [0.29, 0.717) is 6.04 Å². The third kappa shape index (κ3) is 4.50. The van der Waals surface area contributed by atoms with E-state index in [1.165, 1.54) is 29.7 Å². The number of benzene rings is 1. The number of pyridine rings is 1. The van der Waals surface area contributed by atoms with Gasteiger partial charge in [-0.3, -0.25) is 4.98 Å². The van der Waals surface area contributed by atoms with Gasteiger partial charge >= 0.3 is 0 Å². The first-order chi connectivity index (χ1) is 11.9. The number of nitrogens with zero attached hydrogens (tertiary/aromatic N) is 2. The first-order valence-corrected chi connectivity index (χ1v) is 9.37. The zero-order valence-corrected chi connectivity index (χ0v) is 16.6. The molecule has 134 valence electrons. The maximum absolute atomic E-state index is 4.53. The summed E-state index contributed by atoms with van der Waals surface area (Å²) in [6.07, 6.45) is 8.51. The normalized spacial score (nSPS) is 12.1. The lowest BCUT2D eigenvalue weighted by molar-refractivity contribution is 0.472. The standard InChI is InChI=1S/C23H32N2/c1-7-14-23(5,6)20-13-12-19(21-11-9-10-15-24-21)17-22(20)25(16-8-2)18(3)4/h8-13,15-18H,7,14H2,1-6H3/b16-8-. The molecule has 0 aliphatic rings. The van der Waals surface area contributed by atoms with Gasteiger partial charge in [0.15, 0.2) is 0 Å². The van der Waals surface area contributed by atoms with Crippen molar-refractivity contribution >= 4 is 5.69 Å². The van der Waals surface area contributed by atoms with Crippen LogP contribution in [0.4, 0.5) is 5.69 Å². The van der Waals surface area contributed by atoms with E-state index in [9.17, 15) is 0 Å². The van der Waals surface area contributed by atoms with Gasteiger partial charge in [-0.2, -0.15) is 0 Å². The van der Waals surface area contributed by atoms with Crippen molar-refractivity contribution in [3.8, 4) is 11.3 Å². The van der Waals surface area contributed by atoms with Crippen LogP contribution in [0.15, 0.2) is 54.9 Å². The van der Waals surface area contributed by atoms with E-state index in [1.807, 2.05) is 18.3 Å². The third-order valence-corrected chi connectivity index (χ3v) is 4.71. The van der Waals surface area contributed by atoms with Crippen molar-refractivity contribution in [3.05, 3.63) is 60.4 Å². The predicted molar refractivity (Wildman–Crippen MR) is 110 cm³/mol. The van der Waals surface area contributed by atoms with Crippen molar-refractivity contribution in [1.82, 2.24) is 4.98 Å². The van der Waals surface area contributed by atoms with Crippen molar-refractivity contribution in [3.63, 3.8) is 0 Å². The summed E-state index contributed by atoms with van der Waals surface area (Å²) in [5.74, 6) is 0. The molecule has 0 unspecified atom stereocenters. The van der Waals surface area contributed by atoms with E-state index in [-0.39, 0.29) is 5.41 Å². The van der Waals surface area contributed by atoms with Crippen LogP contribution in [0, 0.1) is 0 Å². The molecule has 0 saturated heterocycles. The molecule has 0 amide bonds. The predicted octanol–water partition coefficient (Wildman–Crippen LogP) is 6.57. The van der Waals surface area contributed by atoms with Crippen LogP contribution in [0.5, 0.6) is 0 Å². The highest BCUT2D eigenvalue weighted by Crippen LogP contribution is 2.38. The van der Waals surface area contributed by atoms with Gasteiger partial charge in [0.2, 0.25) is 0 Å². The van der Waals surface area contributed by atoms with Gasteiger partial charge in [-0.25, -0.2) is 0 Å². The first-order valence-electron chi connectivity index (χ1n) is 9.37. The lowest BCUT2D eigenvalue weighted by Crippen LogP contribution is -2.29. The molecule has 0 aliphatic heterocycles. The Morgan fingerprint density at radius 1 is 1.16 bits per heavy atom. The lowest BCUT2D eigenvalue weighted by atomic mass is 9.79. The van der Waals surface area contributed by atoms with Crippen molar-refractivity contribution in [2.24, 2.45) is 0 Å². The summed E-state index contributed by atoms with van der Waals surface area (Å²) in [5.41, 5.74) is 5.02. The number of allylic oxidation sites excluding steroid dienone is 1. The highest BCUT2D eigenvalue weighted by atomic mass is 15.1. The fraction of sp³-hybridized carbons (Fsp3) is 0.435. The Bertz CT molecular complexity index is 699. The van der Waals surface area contributed by atoms with Crippen molar-refractivity contribution in [2.45, 2.75) is 65.8 Å². The second-order valence-corrected chi connectivity index (χ2v) is 7.56. The van der Waals surface area contributed by atoms with E-state index in [0.717, 1.165) is 5.69 Å². The first kappa shape index (κ1) is 19.2. The Kier molecular flexibility index (Phi) is 6.41. The van der Waals surface area contributed by atoms with Crippen LogP contribution in [-0.4, -0.2) is 11.0 Å². The van der Waals surface area contributed by atoms with Gasteiger partial charge in [-0.05, 0) is 56.4 Å². The molecule has 1 aromatic carbocycles. The zero-order chi connectivity index (χ0) is 18.4. The fourth-order valence-corrected chi connectivity index (χ4v) is 3.46. The molecule has 2 rings (SSSR count). The van der Waals surface area contributed by atoms with E-state index >= 15 is 0 Å². The van der Waals surface area contributed by atoms with Gasteiger partial charge in [0.05, 0.1) is 5.69 Å². The highest BCUT2D eigenvalue weighted by Gasteiger charge is 2.26. The van der Waals surface area contributed by atoms with Gasteiger partial charge in [0.25, 0.3) is 0 Å². The molecule has 25 heavy (non-hydrogen) atoms. The molecule has 0 spiro atoms. The van der Waals surface area contributed by atoms with E-state index in [2.05, 4.69) is 88.0 Å². The highest BCUT2D eigenvalue weighted by molar-refractivity contribution is 5.70. The van der Waals surface area contributed by atoms with Crippen molar-refractivity contribution in [2.75, 3.05) is 4.90 Å². The zero-order valence-electron chi connectivity index (χ0n) is 16.6. The maximum Gasteiger partial charge on any atom is 0.0702 e. The summed E-state index contributed by atoms with van der Waals surface area (Å²) in [5, 5.41) is 0. The molecule has 0 N–H and O–H groups in total. The van der Waals surface area contributed by atoms with Crippen LogP contribution < -0.4 is 4.90 Å². The van der Waals surface area contributed by atoms with E-state index < -0.39 is 0 Å². The second kappa shape index (κ2) is 8.33. The Hall–Kier alpha value is -2.09. The summed E-state index contributed by atoms with van der Waals surface area (Å²) in [6.45, 7) is 13.5. The Balaban J connectivity index is 2.64. The van der Waals surface area contributed by atoms with Crippen molar-refractivity contribution < 1.29 is 0 Å². The summed E-state index contributed by atoms with van der Waals surface area (Å²) in [4.78, 5) is 6.91. The monoisotopic (exact) mass is 336 g/mol. The molecule has 2 nitrogen and oxygen atoms in total. The summed E-state index contributed by atoms with van der Waals surface area (Å²) in [6, 6.07) is 13.3. The second-order valence-electron chi connectivity index (χ2n) is 7.56. The molecular weight excluding hydrogens is 304 g/mol. The van der Waals surface area contributed by atoms with Gasteiger partial charge < -0.3 is 4.90 Å². The molecule has 0 saturated carbocycles. The number of hydrogen-bond acceptors (Lipinski definition) is 2. The fourth-order valence-electron chi connectivity index (χ4n) is 3.46. The van der Waals surface area contributed by atoms with Crippen LogP contribution in [0.1, 0.15) is 59.9 Å². The molecule has 0 fully saturated rings. The average Bonchev–Trinajstić information content (AvgIpc) is 2.59. The molecular formula is C23H32N2. The molecule has 2 heteroatoms. The molecule has 0 radical (unpaired) electrons. The molecule has 2 aromatic rings. The quantitative estimate of drug-likeness (QED) is 0.568. The molecule has 1 heterocycles. The summed E-state index contributed by atoms with van der Waals surface area (Å²) in [7, 11) is 0. The van der Waals surface area contributed by atoms with Gasteiger partial charge in [-0.1, -0.05) is 51.5 Å². The van der Waals surface area contributed by atoms with Crippen LogP contribution in [0.2, 0.25) is 0 Å². The minimum atomic E-state index is 0.140. The minimum Gasteiger partial charge on any atom is -0.346 e. The summed E-state index contributed by atoms with van der Waals surface area (Å²) >= 11 is 0. The number of hydrogen-bond donors (Lipinski definition) is 0. The average molecular weight is 337 g/mol. The summed E-state index contributed by atoms with van der Waals surface area (Å²) < 4.78 is 0. The maximum atomic E-state index is 4.53. The van der Waals surface area contributed by atoms with Gasteiger partial charge in [0.1, 0.15) is 0 Å². The van der Waals surface area contributed by atoms with Gasteiger partial charge in [-0.15, -0.1) is 0 Å². The van der Waals surface area contributed by atoms with Crippen LogP contribution >= 0.6 is 0 Å². The number of anilines is 1. The molecule has 1 aromatic heterocycles. The Morgan fingerprint density at radius 2 is 1.92 bits per heavy atom. The van der Waals surface area contributed by atoms with E-state index in [4.69, 9.17) is 0 Å². The molecule has 0 atom stereocenters. The number of rotatable bonds is 7. The van der Waals surface area contributed by atoms with Crippen LogP contribution in [-0.2, 0) is 5.41 Å². The Labute approximate surface area is 153 Å². The van der Waals surface area contributed by atoms with Crippen molar-refractivity contribution in [1.29, 1.82) is 0 Å². The van der Waals surface area contributed by atoms with Crippen LogP contribution in [0.3, 0.4) is 0 Å². The number of aromatic nitrogens is 1. The SMILES string of the molecule is C/C=C\N(c1cc(-c2ccccn2)ccc1C(C)(C)CCC)C(C)C. The lowest BCUT2D eigenvalue weighted by Gasteiger charge is -2.34. The molecule has 0 bridgehead atoms. The third-order valence-electron chi connectivity index (χ3n) is 4.71. The van der Waals surface area contributed by atoms with Gasteiger partial charge in [0, 0.05) is 29.7 Å². The van der Waals surface area contributed by atoms with E-state index in [1.54, 1.807) is 0 Å². The largest absolute Gasteiger partial charge is 0.346 e. The minimum absolute atomic E-state index is 0.140. The van der Waals surface area contributed by atoms with Crippen LogP contribution in [0.25, 0.3) is 11.3 Å². The Morgan fingerprint density at radius 3 is 2.48 bits per heavy atom. The smallest absolute Gasteiger partial charge is 0.0702 e.